The second-order valence-electron chi connectivity index (χ2n) is 6.26. The lowest BCUT2D eigenvalue weighted by Gasteiger charge is -2.09. The SMILES string of the molecule is O=C(NNS(=O)(=O)c1ccc2c(c1)CCC2)c1cc2c(s1)CCC2. The maximum atomic E-state index is 12.4. The third kappa shape index (κ3) is 2.87. The molecule has 24 heavy (non-hydrogen) atoms. The molecule has 1 aromatic carbocycles. The van der Waals surface area contributed by atoms with E-state index in [0.717, 1.165) is 44.1 Å². The average molecular weight is 362 g/mol. The summed E-state index contributed by atoms with van der Waals surface area (Å²) in [5.41, 5.74) is 5.84. The van der Waals surface area contributed by atoms with Gasteiger partial charge in [0.2, 0.25) is 0 Å². The van der Waals surface area contributed by atoms with Crippen LogP contribution in [-0.2, 0) is 35.7 Å². The van der Waals surface area contributed by atoms with E-state index in [1.54, 1.807) is 12.1 Å². The van der Waals surface area contributed by atoms with Crippen LogP contribution < -0.4 is 10.3 Å². The van der Waals surface area contributed by atoms with Gasteiger partial charge in [-0.2, -0.15) is 0 Å². The predicted octanol–water partition coefficient (Wildman–Crippen LogP) is 2.35. The zero-order valence-electron chi connectivity index (χ0n) is 13.1. The number of thiophene rings is 1. The molecule has 0 saturated carbocycles. The van der Waals surface area contributed by atoms with Gasteiger partial charge in [-0.25, -0.2) is 8.42 Å². The highest BCUT2D eigenvalue weighted by molar-refractivity contribution is 7.89. The number of benzene rings is 1. The minimum Gasteiger partial charge on any atom is -0.273 e. The van der Waals surface area contributed by atoms with Crippen molar-refractivity contribution in [3.05, 3.63) is 50.7 Å². The Morgan fingerprint density at radius 3 is 2.54 bits per heavy atom. The molecule has 0 unspecified atom stereocenters. The fourth-order valence-corrected chi connectivity index (χ4v) is 5.43. The van der Waals surface area contributed by atoms with Gasteiger partial charge < -0.3 is 0 Å². The fraction of sp³-hybridized carbons (Fsp3) is 0.353. The van der Waals surface area contributed by atoms with E-state index >= 15 is 0 Å². The van der Waals surface area contributed by atoms with Crippen molar-refractivity contribution < 1.29 is 13.2 Å². The molecule has 2 N–H and O–H groups in total. The number of amides is 1. The summed E-state index contributed by atoms with van der Waals surface area (Å²) in [5, 5.41) is 0. The van der Waals surface area contributed by atoms with Gasteiger partial charge >= 0.3 is 0 Å². The Hall–Kier alpha value is -1.70. The molecule has 4 rings (SSSR count). The molecule has 0 saturated heterocycles. The molecular weight excluding hydrogens is 344 g/mol. The second kappa shape index (κ2) is 5.98. The van der Waals surface area contributed by atoms with Crippen LogP contribution in [0.15, 0.2) is 29.2 Å². The highest BCUT2D eigenvalue weighted by Crippen LogP contribution is 2.30. The number of aryl methyl sites for hydroxylation is 4. The van der Waals surface area contributed by atoms with Crippen molar-refractivity contribution in [1.29, 1.82) is 0 Å². The first kappa shape index (κ1) is 15.8. The Morgan fingerprint density at radius 1 is 0.958 bits per heavy atom. The van der Waals surface area contributed by atoms with Crippen LogP contribution in [0.5, 0.6) is 0 Å². The summed E-state index contributed by atoms with van der Waals surface area (Å²) >= 11 is 1.45. The van der Waals surface area contributed by atoms with Crippen molar-refractivity contribution in [3.8, 4) is 0 Å². The van der Waals surface area contributed by atoms with Crippen LogP contribution in [-0.4, -0.2) is 14.3 Å². The van der Waals surface area contributed by atoms with Crippen LogP contribution in [0.1, 0.15) is 44.1 Å². The highest BCUT2D eigenvalue weighted by Gasteiger charge is 2.21. The molecule has 2 aliphatic carbocycles. The van der Waals surface area contributed by atoms with Crippen molar-refractivity contribution in [2.24, 2.45) is 0 Å². The van der Waals surface area contributed by atoms with Gasteiger partial charge in [0.05, 0.1) is 9.77 Å². The number of hydrogen-bond acceptors (Lipinski definition) is 4. The van der Waals surface area contributed by atoms with Crippen molar-refractivity contribution in [1.82, 2.24) is 10.3 Å². The standard InChI is InChI=1S/C17H18N2O3S2/c20-17(16-10-13-5-2-6-15(13)23-16)18-19-24(21,22)14-8-7-11-3-1-4-12(11)9-14/h7-10,19H,1-6H2,(H,18,20). The lowest BCUT2D eigenvalue weighted by atomic mass is 10.1. The fourth-order valence-electron chi connectivity index (χ4n) is 3.39. The highest BCUT2D eigenvalue weighted by atomic mass is 32.2. The second-order valence-corrected chi connectivity index (χ2v) is 9.08. The molecule has 1 heterocycles. The quantitative estimate of drug-likeness (QED) is 0.820. The Morgan fingerprint density at radius 2 is 1.71 bits per heavy atom. The largest absolute Gasteiger partial charge is 0.276 e. The molecule has 126 valence electrons. The zero-order chi connectivity index (χ0) is 16.7. The lowest BCUT2D eigenvalue weighted by molar-refractivity contribution is 0.0949. The molecule has 0 radical (unpaired) electrons. The van der Waals surface area contributed by atoms with Crippen molar-refractivity contribution in [2.45, 2.75) is 43.4 Å². The third-order valence-electron chi connectivity index (χ3n) is 4.65. The number of carbonyl (C=O) groups excluding carboxylic acids is 1. The lowest BCUT2D eigenvalue weighted by Crippen LogP contribution is -2.41. The van der Waals surface area contributed by atoms with E-state index in [9.17, 15) is 13.2 Å². The van der Waals surface area contributed by atoms with Crippen molar-refractivity contribution >= 4 is 27.3 Å². The zero-order valence-corrected chi connectivity index (χ0v) is 14.7. The van der Waals surface area contributed by atoms with E-state index in [1.165, 1.54) is 27.3 Å². The molecular formula is C17H18N2O3S2. The Balaban J connectivity index is 1.46. The molecule has 1 amide bonds. The number of carbonyl (C=O) groups is 1. The van der Waals surface area contributed by atoms with Gasteiger partial charge in [-0.3, -0.25) is 10.2 Å². The van der Waals surface area contributed by atoms with Gasteiger partial charge in [0, 0.05) is 4.88 Å². The van der Waals surface area contributed by atoms with Crippen LogP contribution >= 0.6 is 11.3 Å². The van der Waals surface area contributed by atoms with Crippen LogP contribution in [0.3, 0.4) is 0 Å². The smallest absolute Gasteiger partial charge is 0.273 e. The summed E-state index contributed by atoms with van der Waals surface area (Å²) < 4.78 is 24.8. The van der Waals surface area contributed by atoms with Crippen LogP contribution in [0.4, 0.5) is 0 Å². The first-order valence-electron chi connectivity index (χ1n) is 8.08. The van der Waals surface area contributed by atoms with Gasteiger partial charge in [-0.15, -0.1) is 16.2 Å². The molecule has 0 fully saturated rings. The van der Waals surface area contributed by atoms with Crippen LogP contribution in [0.25, 0.3) is 0 Å². The minimum absolute atomic E-state index is 0.192. The van der Waals surface area contributed by atoms with E-state index in [-0.39, 0.29) is 4.90 Å². The summed E-state index contributed by atoms with van der Waals surface area (Å²) in [6.07, 6.45) is 6.11. The summed E-state index contributed by atoms with van der Waals surface area (Å²) in [5.74, 6) is -0.404. The summed E-state index contributed by atoms with van der Waals surface area (Å²) in [4.78, 5) is 16.4. The number of sulfonamides is 1. The van der Waals surface area contributed by atoms with Gasteiger partial charge in [-0.05, 0) is 73.4 Å². The van der Waals surface area contributed by atoms with Gasteiger partial charge in [0.25, 0.3) is 15.9 Å². The van der Waals surface area contributed by atoms with E-state index in [4.69, 9.17) is 0 Å². The van der Waals surface area contributed by atoms with Crippen LogP contribution in [0.2, 0.25) is 0 Å². The van der Waals surface area contributed by atoms with Gasteiger partial charge in [0.1, 0.15) is 0 Å². The van der Waals surface area contributed by atoms with Crippen LogP contribution in [0, 0.1) is 0 Å². The molecule has 2 aromatic rings. The minimum atomic E-state index is -3.76. The molecule has 0 aliphatic heterocycles. The maximum Gasteiger partial charge on any atom is 0.276 e. The monoisotopic (exact) mass is 362 g/mol. The first-order chi connectivity index (χ1) is 11.5. The van der Waals surface area contributed by atoms with E-state index in [0.29, 0.717) is 4.88 Å². The van der Waals surface area contributed by atoms with E-state index in [1.807, 2.05) is 12.1 Å². The molecule has 5 nitrogen and oxygen atoms in total. The summed E-state index contributed by atoms with van der Waals surface area (Å²) in [6.45, 7) is 0. The summed E-state index contributed by atoms with van der Waals surface area (Å²) in [7, 11) is -3.76. The van der Waals surface area contributed by atoms with Gasteiger partial charge in [-0.1, -0.05) is 6.07 Å². The Labute approximate surface area is 145 Å². The molecule has 2 aliphatic rings. The topological polar surface area (TPSA) is 75.3 Å². The molecule has 7 heteroatoms. The number of hydrogen-bond donors (Lipinski definition) is 2. The Bertz CT molecular complexity index is 894. The number of fused-ring (bicyclic) bond motifs is 2. The number of rotatable bonds is 4. The average Bonchev–Trinajstić information content (AvgIpc) is 3.26. The molecule has 0 atom stereocenters. The van der Waals surface area contributed by atoms with E-state index < -0.39 is 15.9 Å². The number of nitrogens with one attached hydrogen (secondary N) is 2. The molecule has 0 bridgehead atoms. The van der Waals surface area contributed by atoms with Crippen molar-refractivity contribution in [3.63, 3.8) is 0 Å². The maximum absolute atomic E-state index is 12.4. The third-order valence-corrected chi connectivity index (χ3v) is 7.13. The number of hydrazine groups is 1. The van der Waals surface area contributed by atoms with Gasteiger partial charge in [0.15, 0.2) is 0 Å². The molecule has 0 spiro atoms. The normalized spacial score (nSPS) is 16.0. The predicted molar refractivity (Wildman–Crippen MR) is 92.6 cm³/mol. The first-order valence-corrected chi connectivity index (χ1v) is 10.4. The Kier molecular flexibility index (Phi) is 3.94. The van der Waals surface area contributed by atoms with Crippen molar-refractivity contribution in [2.75, 3.05) is 0 Å². The summed E-state index contributed by atoms with van der Waals surface area (Å²) in [6, 6.07) is 7.03. The molecule has 1 aromatic heterocycles. The van der Waals surface area contributed by atoms with E-state index in [2.05, 4.69) is 10.3 Å².